The summed E-state index contributed by atoms with van der Waals surface area (Å²) in [6, 6.07) is 58.9. The summed E-state index contributed by atoms with van der Waals surface area (Å²) in [6.07, 6.45) is 0. The summed E-state index contributed by atoms with van der Waals surface area (Å²) in [5.74, 6) is 0.665. The van der Waals surface area contributed by atoms with Gasteiger partial charge in [-0.05, 0) is 52.1 Å². The number of para-hydroxylation sites is 1. The average Bonchev–Trinajstić information content (AvgIpc) is 3.75. The van der Waals surface area contributed by atoms with Crippen LogP contribution >= 0.6 is 11.3 Å². The molecule has 52 heavy (non-hydrogen) atoms. The summed E-state index contributed by atoms with van der Waals surface area (Å²) < 4.78 is 4.91. The Balaban J connectivity index is 0.00000166. The zero-order chi connectivity index (χ0) is 34.8. The van der Waals surface area contributed by atoms with Crippen molar-refractivity contribution in [2.45, 2.75) is 13.8 Å². The lowest BCUT2D eigenvalue weighted by molar-refractivity contribution is 1.02. The molecule has 8 aromatic carbocycles. The minimum absolute atomic E-state index is 0.665. The summed E-state index contributed by atoms with van der Waals surface area (Å²) in [5, 5.41) is 10.7. The second-order valence-corrected chi connectivity index (χ2v) is 14.1. The van der Waals surface area contributed by atoms with Gasteiger partial charge in [0.1, 0.15) is 0 Å². The van der Waals surface area contributed by atoms with Crippen molar-refractivity contribution in [3.8, 4) is 28.3 Å². The van der Waals surface area contributed by atoms with Crippen molar-refractivity contribution < 1.29 is 0 Å². The third kappa shape index (κ3) is 4.65. The fourth-order valence-corrected chi connectivity index (χ4v) is 9.00. The van der Waals surface area contributed by atoms with E-state index in [0.717, 1.165) is 49.5 Å². The quantitative estimate of drug-likeness (QED) is 0.174. The number of hydrogen-bond acceptors (Lipinski definition) is 3. The molecular formula is C48H33N3S. The molecule has 3 aromatic heterocycles. The lowest BCUT2D eigenvalue weighted by atomic mass is 10.00. The van der Waals surface area contributed by atoms with Crippen molar-refractivity contribution >= 4 is 85.8 Å². The summed E-state index contributed by atoms with van der Waals surface area (Å²) in [7, 11) is 0. The largest absolute Gasteiger partial charge is 0.277 e. The Morgan fingerprint density at radius 1 is 0.442 bits per heavy atom. The van der Waals surface area contributed by atoms with E-state index in [-0.39, 0.29) is 0 Å². The van der Waals surface area contributed by atoms with E-state index < -0.39 is 0 Å². The third-order valence-corrected chi connectivity index (χ3v) is 11.3. The fraction of sp³-hybridized carbons (Fsp3) is 0.0417. The Bertz CT molecular complexity index is 3150. The molecule has 11 rings (SSSR count). The van der Waals surface area contributed by atoms with Crippen molar-refractivity contribution in [3.63, 3.8) is 0 Å². The van der Waals surface area contributed by atoms with E-state index in [1.807, 2.05) is 25.2 Å². The van der Waals surface area contributed by atoms with Crippen LogP contribution in [0.25, 0.3) is 103 Å². The maximum atomic E-state index is 5.48. The van der Waals surface area contributed by atoms with Crippen molar-refractivity contribution in [3.05, 3.63) is 164 Å². The third-order valence-electron chi connectivity index (χ3n) is 10.2. The molecule has 0 N–H and O–H groups in total. The first-order valence-corrected chi connectivity index (χ1v) is 18.7. The highest BCUT2D eigenvalue weighted by atomic mass is 32.1. The van der Waals surface area contributed by atoms with Crippen LogP contribution in [0, 0.1) is 0 Å². The molecule has 0 saturated carbocycles. The van der Waals surface area contributed by atoms with E-state index in [1.54, 1.807) is 0 Å². The van der Waals surface area contributed by atoms with Gasteiger partial charge >= 0.3 is 0 Å². The zero-order valence-corrected chi connectivity index (χ0v) is 29.7. The van der Waals surface area contributed by atoms with E-state index in [2.05, 4.69) is 168 Å². The number of fused-ring (bicyclic) bond motifs is 10. The molecule has 0 amide bonds. The molecule has 0 aliphatic rings. The molecule has 4 heteroatoms. The maximum absolute atomic E-state index is 5.48. The van der Waals surface area contributed by atoms with Gasteiger partial charge in [-0.2, -0.15) is 0 Å². The predicted octanol–water partition coefficient (Wildman–Crippen LogP) is 13.8. The van der Waals surface area contributed by atoms with Crippen molar-refractivity contribution in [1.82, 2.24) is 14.5 Å². The van der Waals surface area contributed by atoms with Gasteiger partial charge in [0.15, 0.2) is 0 Å². The van der Waals surface area contributed by atoms with E-state index in [4.69, 9.17) is 9.97 Å². The summed E-state index contributed by atoms with van der Waals surface area (Å²) >= 11 is 1.85. The smallest absolute Gasteiger partial charge is 0.235 e. The van der Waals surface area contributed by atoms with Crippen molar-refractivity contribution in [1.29, 1.82) is 0 Å². The van der Waals surface area contributed by atoms with Crippen LogP contribution < -0.4 is 0 Å². The van der Waals surface area contributed by atoms with Crippen molar-refractivity contribution in [2.24, 2.45) is 0 Å². The minimum atomic E-state index is 0.665. The lowest BCUT2D eigenvalue weighted by Crippen LogP contribution is -2.04. The molecular weight excluding hydrogens is 651 g/mol. The molecule has 0 radical (unpaired) electrons. The molecule has 0 unspecified atom stereocenters. The fourth-order valence-electron chi connectivity index (χ4n) is 7.85. The Morgan fingerprint density at radius 3 is 1.96 bits per heavy atom. The Kier molecular flexibility index (Phi) is 7.12. The molecule has 0 fully saturated rings. The number of benzene rings is 8. The molecule has 0 atom stereocenters. The van der Waals surface area contributed by atoms with Gasteiger partial charge in [0.05, 0.1) is 22.2 Å². The van der Waals surface area contributed by atoms with Crippen LogP contribution in [0.4, 0.5) is 0 Å². The first-order chi connectivity index (χ1) is 25.8. The Hall–Kier alpha value is -6.36. The highest BCUT2D eigenvalue weighted by Gasteiger charge is 2.22. The number of hydrogen-bond donors (Lipinski definition) is 0. The molecule has 0 saturated heterocycles. The van der Waals surface area contributed by atoms with E-state index in [0.29, 0.717) is 5.95 Å². The molecule has 0 spiro atoms. The van der Waals surface area contributed by atoms with Gasteiger partial charge in [-0.1, -0.05) is 147 Å². The van der Waals surface area contributed by atoms with E-state index >= 15 is 0 Å². The van der Waals surface area contributed by atoms with Crippen LogP contribution in [0.15, 0.2) is 164 Å². The lowest BCUT2D eigenvalue weighted by Gasteiger charge is -2.15. The molecule has 0 aliphatic heterocycles. The molecule has 11 aromatic rings. The van der Waals surface area contributed by atoms with Crippen LogP contribution in [0.5, 0.6) is 0 Å². The van der Waals surface area contributed by atoms with Gasteiger partial charge in [-0.15, -0.1) is 11.3 Å². The SMILES string of the molecule is CC.c1ccc(-c2nc(-n3c4cc5ccccc5cc4c4cccc(-c5ccc6c(c5)sc5ccccc56)c43)nc3c2ccc2ccccc23)cc1. The normalized spacial score (nSPS) is 11.7. The van der Waals surface area contributed by atoms with Gasteiger partial charge in [0.2, 0.25) is 5.95 Å². The highest BCUT2D eigenvalue weighted by Crippen LogP contribution is 2.42. The van der Waals surface area contributed by atoms with E-state index in [9.17, 15) is 0 Å². The van der Waals surface area contributed by atoms with Crippen LogP contribution in [0.3, 0.4) is 0 Å². The first-order valence-electron chi connectivity index (χ1n) is 17.9. The van der Waals surface area contributed by atoms with Gasteiger partial charge in [0.25, 0.3) is 0 Å². The minimum Gasteiger partial charge on any atom is -0.277 e. The first kappa shape index (κ1) is 30.5. The van der Waals surface area contributed by atoms with Gasteiger partial charge in [0, 0.05) is 52.8 Å². The summed E-state index contributed by atoms with van der Waals surface area (Å²) in [5.41, 5.74) is 7.48. The van der Waals surface area contributed by atoms with Crippen LogP contribution in [-0.2, 0) is 0 Å². The van der Waals surface area contributed by atoms with Gasteiger partial charge < -0.3 is 0 Å². The van der Waals surface area contributed by atoms with Crippen LogP contribution in [0.1, 0.15) is 13.8 Å². The Morgan fingerprint density at radius 2 is 1.12 bits per heavy atom. The van der Waals surface area contributed by atoms with E-state index in [1.165, 1.54) is 47.3 Å². The van der Waals surface area contributed by atoms with Gasteiger partial charge in [-0.3, -0.25) is 4.57 Å². The second kappa shape index (κ2) is 12.2. The molecule has 3 nitrogen and oxygen atoms in total. The number of aromatic nitrogens is 3. The molecule has 246 valence electrons. The summed E-state index contributed by atoms with van der Waals surface area (Å²) in [6.45, 7) is 4.00. The molecule has 3 heterocycles. The van der Waals surface area contributed by atoms with Crippen LogP contribution in [0.2, 0.25) is 0 Å². The molecule has 0 bridgehead atoms. The Labute approximate surface area is 305 Å². The summed E-state index contributed by atoms with van der Waals surface area (Å²) in [4.78, 5) is 10.9. The van der Waals surface area contributed by atoms with Gasteiger partial charge in [-0.25, -0.2) is 9.97 Å². The topological polar surface area (TPSA) is 30.7 Å². The number of nitrogens with zero attached hydrogens (tertiary/aromatic N) is 3. The van der Waals surface area contributed by atoms with Crippen molar-refractivity contribution in [2.75, 3.05) is 0 Å². The predicted molar refractivity (Wildman–Crippen MR) is 224 cm³/mol. The highest BCUT2D eigenvalue weighted by molar-refractivity contribution is 7.25. The number of thiophene rings is 1. The monoisotopic (exact) mass is 683 g/mol. The maximum Gasteiger partial charge on any atom is 0.235 e. The number of rotatable bonds is 3. The molecule has 0 aliphatic carbocycles. The second-order valence-electron chi connectivity index (χ2n) is 13.0. The average molecular weight is 684 g/mol. The van der Waals surface area contributed by atoms with Crippen LogP contribution in [-0.4, -0.2) is 14.5 Å². The standard InChI is InChI=1S/C46H27N3S.C2H6/c1-2-12-29(13-3-1)43-38-24-21-28-11-6-7-16-33(28)44(38)48-46(47-43)49-40-26-31-15-5-4-14-30(31)25-39(40)37-19-10-18-34(45(37)49)32-22-23-36-35-17-8-9-20-41(35)50-42(36)27-32;1-2/h1-27H;1-2H3. The zero-order valence-electron chi connectivity index (χ0n) is 28.8.